The lowest BCUT2D eigenvalue weighted by Crippen LogP contribution is -2.01. The minimum atomic E-state index is -4.87. The van der Waals surface area contributed by atoms with Crippen LogP contribution in [0.1, 0.15) is 20.7 Å². The normalized spacial score (nSPS) is 11.8. The number of azo groups is 2. The lowest BCUT2D eigenvalue weighted by atomic mass is 10.0. The second-order valence-electron chi connectivity index (χ2n) is 8.48. The number of aromatic hydroxyl groups is 2. The van der Waals surface area contributed by atoms with Crippen molar-refractivity contribution in [2.45, 2.75) is 9.79 Å². The van der Waals surface area contributed by atoms with Crippen molar-refractivity contribution in [3.05, 3.63) is 83.9 Å². The molecular weight excluding hydrogens is 624 g/mol. The van der Waals surface area contributed by atoms with Crippen LogP contribution in [-0.2, 0) is 19.5 Å². The van der Waals surface area contributed by atoms with E-state index in [9.17, 15) is 32.8 Å². The van der Waals surface area contributed by atoms with E-state index in [1.165, 1.54) is 42.5 Å². The number of phenols is 2. The highest BCUT2D eigenvalue weighted by atomic mass is 32.2. The molecule has 226 valence electrons. The number of carboxylic acid groups (broad SMARTS) is 2. The average Bonchev–Trinajstić information content (AvgIpc) is 2.98. The van der Waals surface area contributed by atoms with Crippen LogP contribution >= 0.6 is 12.0 Å². The summed E-state index contributed by atoms with van der Waals surface area (Å²) in [5.41, 5.74) is -0.453. The Morgan fingerprint density at radius 3 is 1.55 bits per heavy atom. The third-order valence-corrected chi connectivity index (χ3v) is 7.18. The van der Waals surface area contributed by atoms with E-state index in [4.69, 9.17) is 15.5 Å². The standard InChI is InChI=1S/C26H18N4O12S2/c31-21-7-3-13(9-19(21)25(33)34)27-29-15-1-5-17(23(11-15)43-42-41-37)18-6-2-16(12-24(18)44(38,39)40)30-28-14-4-8-22(32)20(10-14)26(35)36/h1-12,31-32,37H,(H,33,34)(H,35,36)(H,38,39,40). The van der Waals surface area contributed by atoms with Crippen LogP contribution in [0.15, 0.2) is 103 Å². The second kappa shape index (κ2) is 13.4. The van der Waals surface area contributed by atoms with E-state index in [1.807, 2.05) is 0 Å². The van der Waals surface area contributed by atoms with Crippen LogP contribution in [0.3, 0.4) is 0 Å². The molecule has 0 unspecified atom stereocenters. The molecule has 0 spiro atoms. The number of aromatic carboxylic acids is 2. The van der Waals surface area contributed by atoms with Crippen LogP contribution in [-0.4, -0.2) is 50.6 Å². The summed E-state index contributed by atoms with van der Waals surface area (Å²) in [5.74, 6) is -3.73. The van der Waals surface area contributed by atoms with E-state index in [2.05, 4.69) is 29.8 Å². The van der Waals surface area contributed by atoms with Gasteiger partial charge >= 0.3 is 11.9 Å². The van der Waals surface area contributed by atoms with Gasteiger partial charge in [-0.25, -0.2) is 14.8 Å². The van der Waals surface area contributed by atoms with Gasteiger partial charge in [-0.2, -0.15) is 28.9 Å². The minimum Gasteiger partial charge on any atom is -0.507 e. The van der Waals surface area contributed by atoms with Gasteiger partial charge in [-0.3, -0.25) is 4.55 Å². The van der Waals surface area contributed by atoms with E-state index >= 15 is 0 Å². The van der Waals surface area contributed by atoms with Crippen molar-refractivity contribution in [2.24, 2.45) is 20.5 Å². The molecule has 0 radical (unpaired) electrons. The summed E-state index contributed by atoms with van der Waals surface area (Å²) in [7, 11) is -4.87. The van der Waals surface area contributed by atoms with E-state index in [0.29, 0.717) is 12.0 Å². The van der Waals surface area contributed by atoms with E-state index in [0.717, 1.165) is 30.3 Å². The predicted molar refractivity (Wildman–Crippen MR) is 151 cm³/mol. The third kappa shape index (κ3) is 7.58. The second-order valence-corrected chi connectivity index (χ2v) is 10.6. The van der Waals surface area contributed by atoms with Crippen molar-refractivity contribution >= 4 is 56.8 Å². The van der Waals surface area contributed by atoms with Gasteiger partial charge in [-0.05, 0) is 66.2 Å². The Morgan fingerprint density at radius 1 is 0.659 bits per heavy atom. The molecule has 44 heavy (non-hydrogen) atoms. The first-order valence-corrected chi connectivity index (χ1v) is 13.9. The molecule has 0 bridgehead atoms. The Morgan fingerprint density at radius 2 is 1.09 bits per heavy atom. The Balaban J connectivity index is 1.72. The Labute approximate surface area is 251 Å². The van der Waals surface area contributed by atoms with Gasteiger partial charge < -0.3 is 20.4 Å². The summed E-state index contributed by atoms with van der Waals surface area (Å²) in [6.45, 7) is 0. The zero-order valence-corrected chi connectivity index (χ0v) is 23.3. The fourth-order valence-corrected chi connectivity index (χ4v) is 4.94. The predicted octanol–water partition coefficient (Wildman–Crippen LogP) is 6.67. The van der Waals surface area contributed by atoms with Crippen LogP contribution in [0.25, 0.3) is 11.1 Å². The summed E-state index contributed by atoms with van der Waals surface area (Å²) >= 11 is 0.450. The number of hydrogen-bond acceptors (Lipinski definition) is 14. The van der Waals surface area contributed by atoms with Crippen molar-refractivity contribution in [1.82, 2.24) is 0 Å². The highest BCUT2D eigenvalue weighted by Gasteiger charge is 2.21. The summed E-state index contributed by atoms with van der Waals surface area (Å²) < 4.78 is 39.2. The van der Waals surface area contributed by atoms with Gasteiger partial charge in [0.15, 0.2) is 0 Å². The number of carboxylic acids is 2. The van der Waals surface area contributed by atoms with Crippen molar-refractivity contribution in [3.8, 4) is 22.6 Å². The van der Waals surface area contributed by atoms with Crippen molar-refractivity contribution in [2.75, 3.05) is 0 Å². The number of carbonyl (C=O) groups is 2. The molecule has 4 aromatic carbocycles. The third-order valence-electron chi connectivity index (χ3n) is 5.64. The Bertz CT molecular complexity index is 1930. The fourth-order valence-electron chi connectivity index (χ4n) is 3.67. The number of benzene rings is 4. The van der Waals surface area contributed by atoms with Crippen LogP contribution in [0.4, 0.5) is 22.7 Å². The first-order valence-electron chi connectivity index (χ1n) is 11.7. The first-order chi connectivity index (χ1) is 20.9. The quantitative estimate of drug-likeness (QED) is 0.0329. The zero-order valence-electron chi connectivity index (χ0n) is 21.7. The monoisotopic (exact) mass is 642 g/mol. The molecule has 0 fully saturated rings. The van der Waals surface area contributed by atoms with Crippen molar-refractivity contribution in [1.29, 1.82) is 0 Å². The lowest BCUT2D eigenvalue weighted by Gasteiger charge is -2.12. The summed E-state index contributed by atoms with van der Waals surface area (Å²) in [6.07, 6.45) is 0. The van der Waals surface area contributed by atoms with Crippen LogP contribution in [0, 0.1) is 0 Å². The molecule has 4 rings (SSSR count). The van der Waals surface area contributed by atoms with Crippen molar-refractivity contribution < 1.29 is 57.6 Å². The molecule has 0 aliphatic heterocycles. The highest BCUT2D eigenvalue weighted by molar-refractivity contribution is 7.94. The average molecular weight is 643 g/mol. The largest absolute Gasteiger partial charge is 0.507 e. The maximum Gasteiger partial charge on any atom is 0.339 e. The van der Waals surface area contributed by atoms with Gasteiger partial charge in [-0.1, -0.05) is 17.2 Å². The molecule has 6 N–H and O–H groups in total. The maximum absolute atomic E-state index is 12.4. The SMILES string of the molecule is O=C(O)c1cc(N=Nc2ccc(-c3ccc(N=Nc4ccc(O)c(C(=O)O)c4)cc3S(=O)(=O)O)c(SOOO)c2)ccc1O. The molecule has 4 aromatic rings. The molecule has 16 nitrogen and oxygen atoms in total. The number of rotatable bonds is 11. The van der Waals surface area contributed by atoms with Gasteiger partial charge in [-0.15, -0.1) is 4.33 Å². The van der Waals surface area contributed by atoms with E-state index < -0.39 is 49.6 Å². The smallest absolute Gasteiger partial charge is 0.339 e. The van der Waals surface area contributed by atoms with Crippen molar-refractivity contribution in [3.63, 3.8) is 0 Å². The molecule has 0 aliphatic carbocycles. The first kappa shape index (κ1) is 31.7. The maximum atomic E-state index is 12.4. The zero-order chi connectivity index (χ0) is 32.0. The topological polar surface area (TPSA) is 258 Å². The van der Waals surface area contributed by atoms with Crippen LogP contribution < -0.4 is 0 Å². The minimum absolute atomic E-state index is 0.0359. The fraction of sp³-hybridized carbons (Fsp3) is 0. The molecule has 0 amide bonds. The van der Waals surface area contributed by atoms with E-state index in [1.54, 1.807) is 0 Å². The number of hydrogen-bond donors (Lipinski definition) is 6. The molecule has 18 heteroatoms. The molecular formula is C26H18N4O12S2. The highest BCUT2D eigenvalue weighted by Crippen LogP contribution is 2.40. The molecule has 0 aliphatic rings. The van der Waals surface area contributed by atoms with E-state index in [-0.39, 0.29) is 38.8 Å². The molecule has 0 heterocycles. The van der Waals surface area contributed by atoms with Crippen LogP contribution in [0.2, 0.25) is 0 Å². The molecule has 0 atom stereocenters. The van der Waals surface area contributed by atoms with Crippen LogP contribution in [0.5, 0.6) is 11.5 Å². The van der Waals surface area contributed by atoms with Gasteiger partial charge in [0.05, 0.1) is 34.8 Å². The summed E-state index contributed by atoms with van der Waals surface area (Å²) in [5, 5.41) is 65.7. The number of nitrogens with zero attached hydrogens (tertiary/aromatic N) is 4. The molecule has 0 aromatic heterocycles. The summed E-state index contributed by atoms with van der Waals surface area (Å²) in [6, 6.07) is 14.8. The van der Waals surface area contributed by atoms with Gasteiger partial charge in [0, 0.05) is 10.5 Å². The Kier molecular flexibility index (Phi) is 9.63. The van der Waals surface area contributed by atoms with Gasteiger partial charge in [0.25, 0.3) is 10.1 Å². The molecule has 0 saturated carbocycles. The Hall–Kier alpha value is -5.24. The molecule has 0 saturated heterocycles. The lowest BCUT2D eigenvalue weighted by molar-refractivity contribution is -0.432. The van der Waals surface area contributed by atoms with Gasteiger partial charge in [0.1, 0.15) is 27.5 Å². The van der Waals surface area contributed by atoms with Gasteiger partial charge in [0.2, 0.25) is 0 Å². The summed E-state index contributed by atoms with van der Waals surface area (Å²) in [4.78, 5) is 22.0.